The van der Waals surface area contributed by atoms with E-state index < -0.39 is 16.1 Å². The van der Waals surface area contributed by atoms with Gasteiger partial charge in [0.1, 0.15) is 0 Å². The SMILES string of the molecule is O=S(=O)(COF)OF. The lowest BCUT2D eigenvalue weighted by Crippen LogP contribution is -2.05. The zero-order chi connectivity index (χ0) is 6.62. The Hall–Kier alpha value is -0.270. The van der Waals surface area contributed by atoms with Gasteiger partial charge in [0, 0.05) is 0 Å². The van der Waals surface area contributed by atoms with Crippen molar-refractivity contribution in [1.82, 2.24) is 0 Å². The second-order valence-electron chi connectivity index (χ2n) is 0.848. The highest BCUT2D eigenvalue weighted by molar-refractivity contribution is 7.86. The van der Waals surface area contributed by atoms with E-state index in [1.807, 2.05) is 0 Å². The smallest absolute Gasteiger partial charge is 0.194 e. The predicted molar refractivity (Wildman–Crippen MR) is 18.2 cm³/mol. The Morgan fingerprint density at radius 2 is 1.88 bits per heavy atom. The molecule has 0 rings (SSSR count). The Morgan fingerprint density at radius 1 is 1.38 bits per heavy atom. The average molecular weight is 148 g/mol. The van der Waals surface area contributed by atoms with E-state index in [2.05, 4.69) is 9.33 Å². The quantitative estimate of drug-likeness (QED) is 0.568. The van der Waals surface area contributed by atoms with Crippen LogP contribution in [0.3, 0.4) is 0 Å². The molecule has 0 bridgehead atoms. The maximum absolute atomic E-state index is 10.6. The molecule has 0 radical (unpaired) electrons. The van der Waals surface area contributed by atoms with Crippen molar-refractivity contribution >= 4 is 10.1 Å². The summed E-state index contributed by atoms with van der Waals surface area (Å²) in [5.41, 5.74) is 0. The van der Waals surface area contributed by atoms with Gasteiger partial charge in [0.2, 0.25) is 5.94 Å². The molecule has 0 atom stereocenters. The van der Waals surface area contributed by atoms with Gasteiger partial charge in [-0.2, -0.15) is 13.4 Å². The third-order valence-electron chi connectivity index (χ3n) is 0.285. The van der Waals surface area contributed by atoms with Crippen molar-refractivity contribution in [2.24, 2.45) is 0 Å². The average Bonchev–Trinajstić information content (AvgIpc) is 1.67. The molecular formula is CH2F2O4S. The summed E-state index contributed by atoms with van der Waals surface area (Å²) >= 11 is 0. The second kappa shape index (κ2) is 2.90. The zero-order valence-corrected chi connectivity index (χ0v) is 4.32. The molecule has 0 spiro atoms. The molecule has 0 amide bonds. The number of halogens is 2. The molecule has 0 saturated carbocycles. The third kappa shape index (κ3) is 2.83. The molecule has 0 saturated heterocycles. The van der Waals surface area contributed by atoms with Crippen LogP contribution >= 0.6 is 0 Å². The summed E-state index contributed by atoms with van der Waals surface area (Å²) in [5.74, 6) is -1.43. The van der Waals surface area contributed by atoms with Gasteiger partial charge in [-0.1, -0.05) is 4.39 Å². The minimum absolute atomic E-state index is 1.43. The summed E-state index contributed by atoms with van der Waals surface area (Å²) in [4.78, 5) is 2.54. The van der Waals surface area contributed by atoms with E-state index in [4.69, 9.17) is 0 Å². The maximum Gasteiger partial charge on any atom is 0.325 e. The molecule has 0 aliphatic rings. The molecular weight excluding hydrogens is 146 g/mol. The van der Waals surface area contributed by atoms with Gasteiger partial charge in [0.25, 0.3) is 0 Å². The molecule has 0 aliphatic heterocycles. The third-order valence-corrected chi connectivity index (χ3v) is 0.855. The van der Waals surface area contributed by atoms with Gasteiger partial charge in [-0.05, 0) is 9.05 Å². The van der Waals surface area contributed by atoms with E-state index in [1.54, 1.807) is 0 Å². The predicted octanol–water partition coefficient (Wildman–Crippen LogP) is 0.0759. The van der Waals surface area contributed by atoms with E-state index in [0.717, 1.165) is 0 Å². The van der Waals surface area contributed by atoms with Crippen molar-refractivity contribution < 1.29 is 26.8 Å². The van der Waals surface area contributed by atoms with Crippen LogP contribution in [-0.4, -0.2) is 14.4 Å². The molecule has 50 valence electrons. The first kappa shape index (κ1) is 7.73. The van der Waals surface area contributed by atoms with E-state index in [0.29, 0.717) is 0 Å². The van der Waals surface area contributed by atoms with Crippen LogP contribution in [0.2, 0.25) is 0 Å². The minimum atomic E-state index is -4.43. The monoisotopic (exact) mass is 148 g/mol. The van der Waals surface area contributed by atoms with Crippen LogP contribution in [0.15, 0.2) is 0 Å². The molecule has 0 fully saturated rings. The molecule has 0 unspecified atom stereocenters. The summed E-state index contributed by atoms with van der Waals surface area (Å²) in [6.07, 6.45) is 0. The van der Waals surface area contributed by atoms with Gasteiger partial charge in [0.05, 0.1) is 0 Å². The van der Waals surface area contributed by atoms with Crippen LogP contribution in [-0.2, 0) is 19.4 Å². The minimum Gasteiger partial charge on any atom is -0.194 e. The number of hydrogen-bond donors (Lipinski definition) is 0. The highest BCUT2D eigenvalue weighted by atomic mass is 32.2. The molecule has 7 heteroatoms. The van der Waals surface area contributed by atoms with Crippen molar-refractivity contribution in [3.05, 3.63) is 0 Å². The van der Waals surface area contributed by atoms with Crippen LogP contribution in [0, 0.1) is 0 Å². The van der Waals surface area contributed by atoms with Crippen molar-refractivity contribution in [2.75, 3.05) is 5.94 Å². The molecule has 0 aromatic carbocycles. The highest BCUT2D eigenvalue weighted by Gasteiger charge is 2.10. The van der Waals surface area contributed by atoms with Gasteiger partial charge in [-0.15, -0.1) is 0 Å². The van der Waals surface area contributed by atoms with Crippen LogP contribution < -0.4 is 0 Å². The van der Waals surface area contributed by atoms with Crippen LogP contribution in [0.4, 0.5) is 9.05 Å². The molecule has 8 heavy (non-hydrogen) atoms. The molecule has 0 N–H and O–H groups in total. The fourth-order valence-electron chi connectivity index (χ4n) is 0.0727. The molecule has 0 heterocycles. The summed E-state index contributed by atoms with van der Waals surface area (Å²) in [7, 11) is -4.43. The van der Waals surface area contributed by atoms with Gasteiger partial charge in [-0.25, -0.2) is 0 Å². The molecule has 0 aromatic rings. The van der Waals surface area contributed by atoms with Gasteiger partial charge in [-0.3, -0.25) is 0 Å². The summed E-state index contributed by atoms with van der Waals surface area (Å²) in [5, 5.41) is 0. The van der Waals surface area contributed by atoms with Crippen LogP contribution in [0.25, 0.3) is 0 Å². The number of hydrogen-bond acceptors (Lipinski definition) is 4. The fraction of sp³-hybridized carbons (Fsp3) is 1.00. The number of rotatable bonds is 3. The fourth-order valence-corrected chi connectivity index (χ4v) is 0.218. The topological polar surface area (TPSA) is 52.6 Å². The first-order valence-corrected chi connectivity index (χ1v) is 2.96. The van der Waals surface area contributed by atoms with Crippen molar-refractivity contribution in [3.63, 3.8) is 0 Å². The standard InChI is InChI=1S/CH2F2O4S/c2-6-1-8(4,5)7-3/h1H2. The van der Waals surface area contributed by atoms with Gasteiger partial charge < -0.3 is 0 Å². The largest absolute Gasteiger partial charge is 0.325 e. The Morgan fingerprint density at radius 3 is 2.00 bits per heavy atom. The summed E-state index contributed by atoms with van der Waals surface area (Å²) < 4.78 is 42.7. The van der Waals surface area contributed by atoms with E-state index in [-0.39, 0.29) is 0 Å². The lowest BCUT2D eigenvalue weighted by molar-refractivity contribution is -0.116. The Labute approximate surface area is 43.9 Å². The normalized spacial score (nSPS) is 11.8. The lowest BCUT2D eigenvalue weighted by Gasteiger charge is -1.87. The lowest BCUT2D eigenvalue weighted by atomic mass is 11.7. The van der Waals surface area contributed by atoms with E-state index in [9.17, 15) is 17.5 Å². The molecule has 0 aromatic heterocycles. The van der Waals surface area contributed by atoms with Crippen LogP contribution in [0.1, 0.15) is 0 Å². The Bertz CT molecular complexity index is 138. The Kier molecular flexibility index (Phi) is 2.80. The van der Waals surface area contributed by atoms with E-state index in [1.165, 1.54) is 0 Å². The van der Waals surface area contributed by atoms with Crippen molar-refractivity contribution in [3.8, 4) is 0 Å². The highest BCUT2D eigenvalue weighted by Crippen LogP contribution is 1.93. The van der Waals surface area contributed by atoms with Gasteiger partial charge >= 0.3 is 10.1 Å². The van der Waals surface area contributed by atoms with Crippen LogP contribution in [0.5, 0.6) is 0 Å². The van der Waals surface area contributed by atoms with E-state index >= 15 is 0 Å². The summed E-state index contributed by atoms with van der Waals surface area (Å²) in [6, 6.07) is 0. The van der Waals surface area contributed by atoms with Crippen molar-refractivity contribution in [1.29, 1.82) is 0 Å². The Balaban J connectivity index is 3.76. The second-order valence-corrected chi connectivity index (χ2v) is 2.32. The zero-order valence-electron chi connectivity index (χ0n) is 3.50. The molecule has 4 nitrogen and oxygen atoms in total. The molecule has 0 aliphatic carbocycles. The first-order chi connectivity index (χ1) is 3.62. The maximum atomic E-state index is 10.6. The summed E-state index contributed by atoms with van der Waals surface area (Å²) in [6.45, 7) is 0. The first-order valence-electron chi connectivity index (χ1n) is 1.39. The van der Waals surface area contributed by atoms with Gasteiger partial charge in [0.15, 0.2) is 0 Å². The van der Waals surface area contributed by atoms with Crippen molar-refractivity contribution in [2.45, 2.75) is 0 Å².